The van der Waals surface area contributed by atoms with E-state index in [1.165, 1.54) is 22.9 Å². The molecule has 0 spiro atoms. The molecule has 6 nitrogen and oxygen atoms in total. The van der Waals surface area contributed by atoms with Gasteiger partial charge in [0.25, 0.3) is 5.91 Å². The molecule has 6 heteroatoms. The molecule has 1 atom stereocenters. The Bertz CT molecular complexity index is 1070. The normalized spacial score (nSPS) is 19.8. The van der Waals surface area contributed by atoms with Crippen molar-refractivity contribution < 1.29 is 14.0 Å². The number of para-hydroxylation sites is 1. The number of fused-ring (bicyclic) bond motifs is 3. The molecule has 1 aromatic carbocycles. The van der Waals surface area contributed by atoms with Crippen LogP contribution in [-0.2, 0) is 12.8 Å². The lowest BCUT2D eigenvalue weighted by molar-refractivity contribution is 0.0584. The zero-order chi connectivity index (χ0) is 20.7. The van der Waals surface area contributed by atoms with Crippen LogP contribution in [0, 0.1) is 5.92 Å². The summed E-state index contributed by atoms with van der Waals surface area (Å²) < 4.78 is 7.20. The zero-order valence-electron chi connectivity index (χ0n) is 17.3. The van der Waals surface area contributed by atoms with Crippen LogP contribution in [0.5, 0.6) is 0 Å². The van der Waals surface area contributed by atoms with Crippen molar-refractivity contribution in [2.75, 3.05) is 32.7 Å². The third-order valence-corrected chi connectivity index (χ3v) is 6.51. The summed E-state index contributed by atoms with van der Waals surface area (Å²) in [5, 5.41) is 1.22. The van der Waals surface area contributed by atoms with Crippen LogP contribution < -0.4 is 0 Å². The molecule has 3 aromatic rings. The van der Waals surface area contributed by atoms with Gasteiger partial charge in [-0.2, -0.15) is 0 Å². The second kappa shape index (κ2) is 7.76. The fourth-order valence-electron chi connectivity index (χ4n) is 4.90. The lowest BCUT2D eigenvalue weighted by atomic mass is 9.88. The van der Waals surface area contributed by atoms with Crippen molar-refractivity contribution >= 4 is 22.7 Å². The maximum atomic E-state index is 13.4. The maximum absolute atomic E-state index is 13.4. The minimum Gasteiger partial charge on any atom is -0.459 e. The fraction of sp³-hybridized carbons (Fsp3) is 0.417. The Morgan fingerprint density at radius 2 is 1.87 bits per heavy atom. The SMILES string of the molecule is C[C@H]1CCc2c(c3ccccc3n2C(=O)CN2CCN(C(=O)c3ccco3)CC2)C1. The van der Waals surface area contributed by atoms with Gasteiger partial charge in [-0.1, -0.05) is 25.1 Å². The van der Waals surface area contributed by atoms with Gasteiger partial charge in [0.15, 0.2) is 5.76 Å². The van der Waals surface area contributed by atoms with Gasteiger partial charge in [-0.3, -0.25) is 19.1 Å². The van der Waals surface area contributed by atoms with E-state index in [0.29, 0.717) is 44.4 Å². The van der Waals surface area contributed by atoms with E-state index in [2.05, 4.69) is 30.0 Å². The second-order valence-electron chi connectivity index (χ2n) is 8.57. The number of furan rings is 1. The third-order valence-electron chi connectivity index (χ3n) is 6.51. The van der Waals surface area contributed by atoms with Crippen molar-refractivity contribution in [3.63, 3.8) is 0 Å². The summed E-state index contributed by atoms with van der Waals surface area (Å²) in [5.74, 6) is 1.09. The van der Waals surface area contributed by atoms with E-state index in [4.69, 9.17) is 4.42 Å². The lowest BCUT2D eigenvalue weighted by Crippen LogP contribution is -2.50. The van der Waals surface area contributed by atoms with Crippen LogP contribution in [0.3, 0.4) is 0 Å². The summed E-state index contributed by atoms with van der Waals surface area (Å²) in [6.07, 6.45) is 4.65. The molecule has 0 bridgehead atoms. The largest absolute Gasteiger partial charge is 0.459 e. The van der Waals surface area contributed by atoms with Gasteiger partial charge in [0.05, 0.1) is 18.3 Å². The lowest BCUT2D eigenvalue weighted by Gasteiger charge is -2.34. The Balaban J connectivity index is 1.31. The van der Waals surface area contributed by atoms with Gasteiger partial charge in [-0.15, -0.1) is 0 Å². The molecular formula is C24H27N3O3. The van der Waals surface area contributed by atoms with E-state index in [1.54, 1.807) is 17.0 Å². The van der Waals surface area contributed by atoms with Crippen LogP contribution in [0.25, 0.3) is 10.9 Å². The highest BCUT2D eigenvalue weighted by Crippen LogP contribution is 2.34. The Hall–Kier alpha value is -2.86. The van der Waals surface area contributed by atoms with Crippen molar-refractivity contribution in [1.82, 2.24) is 14.4 Å². The molecular weight excluding hydrogens is 378 g/mol. The standard InChI is InChI=1S/C24H27N3O3/c1-17-8-9-21-19(15-17)18-5-2-3-6-20(18)27(21)23(28)16-25-10-12-26(13-11-25)24(29)22-7-4-14-30-22/h2-7,14,17H,8-13,15-16H2,1H3/t17-/m0/s1. The molecule has 1 fully saturated rings. The summed E-state index contributed by atoms with van der Waals surface area (Å²) >= 11 is 0. The Labute approximate surface area is 176 Å². The van der Waals surface area contributed by atoms with E-state index in [-0.39, 0.29) is 11.8 Å². The van der Waals surface area contributed by atoms with E-state index >= 15 is 0 Å². The molecule has 156 valence electrons. The first kappa shape index (κ1) is 19.1. The number of hydrogen-bond donors (Lipinski definition) is 0. The highest BCUT2D eigenvalue weighted by atomic mass is 16.3. The Kier molecular flexibility index (Phi) is 4.95. The average molecular weight is 405 g/mol. The van der Waals surface area contributed by atoms with Crippen LogP contribution in [-0.4, -0.2) is 58.9 Å². The molecule has 0 saturated carbocycles. The van der Waals surface area contributed by atoms with Gasteiger partial charge >= 0.3 is 0 Å². The third kappa shape index (κ3) is 3.35. The van der Waals surface area contributed by atoms with Crippen LogP contribution in [0.2, 0.25) is 0 Å². The average Bonchev–Trinajstić information content (AvgIpc) is 3.40. The number of carbonyl (C=O) groups is 2. The van der Waals surface area contributed by atoms with Crippen molar-refractivity contribution in [3.8, 4) is 0 Å². The first-order chi connectivity index (χ1) is 14.6. The highest BCUT2D eigenvalue weighted by Gasteiger charge is 2.28. The van der Waals surface area contributed by atoms with Crippen LogP contribution >= 0.6 is 0 Å². The van der Waals surface area contributed by atoms with Crippen molar-refractivity contribution in [2.45, 2.75) is 26.2 Å². The first-order valence-corrected chi connectivity index (χ1v) is 10.8. The Morgan fingerprint density at radius 3 is 2.63 bits per heavy atom. The van der Waals surface area contributed by atoms with Crippen molar-refractivity contribution in [2.24, 2.45) is 5.92 Å². The zero-order valence-corrected chi connectivity index (χ0v) is 17.3. The van der Waals surface area contributed by atoms with Gasteiger partial charge in [0.1, 0.15) is 0 Å². The van der Waals surface area contributed by atoms with Gasteiger partial charge in [-0.05, 0) is 48.9 Å². The van der Waals surface area contributed by atoms with E-state index < -0.39 is 0 Å². The molecule has 3 heterocycles. The van der Waals surface area contributed by atoms with Gasteiger partial charge in [0.2, 0.25) is 5.91 Å². The summed E-state index contributed by atoms with van der Waals surface area (Å²) in [4.78, 5) is 29.8. The van der Waals surface area contributed by atoms with Gasteiger partial charge in [0, 0.05) is 37.3 Å². The van der Waals surface area contributed by atoms with E-state index in [1.807, 2.05) is 10.6 Å². The quantitative estimate of drug-likeness (QED) is 0.670. The number of carbonyl (C=O) groups excluding carboxylic acids is 2. The topological polar surface area (TPSA) is 58.7 Å². The molecule has 30 heavy (non-hydrogen) atoms. The molecule has 1 amide bonds. The molecule has 1 aliphatic carbocycles. The van der Waals surface area contributed by atoms with Crippen LogP contribution in [0.1, 0.15) is 40.0 Å². The van der Waals surface area contributed by atoms with Gasteiger partial charge < -0.3 is 9.32 Å². The number of benzene rings is 1. The number of amides is 1. The molecule has 2 aromatic heterocycles. The molecule has 1 saturated heterocycles. The van der Waals surface area contributed by atoms with Crippen LogP contribution in [0.4, 0.5) is 0 Å². The summed E-state index contributed by atoms with van der Waals surface area (Å²) in [5.41, 5.74) is 3.59. The number of hydrogen-bond acceptors (Lipinski definition) is 4. The van der Waals surface area contributed by atoms with Crippen molar-refractivity contribution in [1.29, 1.82) is 0 Å². The minimum absolute atomic E-state index is 0.0782. The molecule has 0 N–H and O–H groups in total. The molecule has 5 rings (SSSR count). The number of piperazine rings is 1. The summed E-state index contributed by atoms with van der Waals surface area (Å²) in [6, 6.07) is 11.7. The smallest absolute Gasteiger partial charge is 0.289 e. The predicted molar refractivity (Wildman–Crippen MR) is 115 cm³/mol. The minimum atomic E-state index is -0.0782. The predicted octanol–water partition coefficient (Wildman–Crippen LogP) is 3.46. The molecule has 2 aliphatic rings. The summed E-state index contributed by atoms with van der Waals surface area (Å²) in [7, 11) is 0. The molecule has 0 unspecified atom stereocenters. The van der Waals surface area contributed by atoms with Crippen LogP contribution in [0.15, 0.2) is 47.1 Å². The monoisotopic (exact) mass is 405 g/mol. The number of rotatable bonds is 3. The van der Waals surface area contributed by atoms with Gasteiger partial charge in [-0.25, -0.2) is 0 Å². The first-order valence-electron chi connectivity index (χ1n) is 10.8. The number of aromatic nitrogens is 1. The molecule has 1 aliphatic heterocycles. The fourth-order valence-corrected chi connectivity index (χ4v) is 4.90. The summed E-state index contributed by atoms with van der Waals surface area (Å²) in [6.45, 7) is 5.26. The van der Waals surface area contributed by atoms with E-state index in [9.17, 15) is 9.59 Å². The molecule has 0 radical (unpaired) electrons. The second-order valence-corrected chi connectivity index (χ2v) is 8.57. The Morgan fingerprint density at radius 1 is 1.07 bits per heavy atom. The van der Waals surface area contributed by atoms with Crippen molar-refractivity contribution in [3.05, 3.63) is 59.7 Å². The number of nitrogens with zero attached hydrogens (tertiary/aromatic N) is 3. The maximum Gasteiger partial charge on any atom is 0.289 e. The van der Waals surface area contributed by atoms with E-state index in [0.717, 1.165) is 24.8 Å². The highest BCUT2D eigenvalue weighted by molar-refractivity contribution is 5.97.